The molecule has 0 heterocycles. The molecule has 17 heavy (non-hydrogen) atoms. The van der Waals surface area contributed by atoms with Gasteiger partial charge in [-0.3, -0.25) is 11.3 Å². The second-order valence-corrected chi connectivity index (χ2v) is 5.55. The van der Waals surface area contributed by atoms with Gasteiger partial charge in [0.15, 0.2) is 0 Å². The summed E-state index contributed by atoms with van der Waals surface area (Å²) < 4.78 is 13.3. The monoisotopic (exact) mass is 254 g/mol. The van der Waals surface area contributed by atoms with Gasteiger partial charge in [0.1, 0.15) is 5.82 Å². The van der Waals surface area contributed by atoms with Gasteiger partial charge >= 0.3 is 0 Å². The Balaban J connectivity index is 1.88. The van der Waals surface area contributed by atoms with Crippen LogP contribution < -0.4 is 11.3 Å². The Morgan fingerprint density at radius 2 is 2.06 bits per heavy atom. The normalized spacial score (nSPS) is 32.3. The minimum Gasteiger partial charge on any atom is -0.271 e. The molecule has 1 aromatic rings. The first kappa shape index (κ1) is 11.5. The van der Waals surface area contributed by atoms with Crippen LogP contribution in [0.1, 0.15) is 30.9 Å². The summed E-state index contributed by atoms with van der Waals surface area (Å²) >= 11 is 6.14. The van der Waals surface area contributed by atoms with Gasteiger partial charge in [-0.05, 0) is 54.4 Å². The van der Waals surface area contributed by atoms with Crippen LogP contribution in [-0.4, -0.2) is 0 Å². The van der Waals surface area contributed by atoms with Gasteiger partial charge in [0.2, 0.25) is 0 Å². The zero-order valence-electron chi connectivity index (χ0n) is 9.50. The number of nitrogens with one attached hydrogen (secondary N) is 1. The number of rotatable bonds is 3. The predicted molar refractivity (Wildman–Crippen MR) is 65.8 cm³/mol. The molecule has 3 unspecified atom stereocenters. The van der Waals surface area contributed by atoms with Crippen LogP contribution in [0.15, 0.2) is 18.2 Å². The van der Waals surface area contributed by atoms with Crippen molar-refractivity contribution in [2.75, 3.05) is 0 Å². The number of benzene rings is 1. The smallest absolute Gasteiger partial charge is 0.123 e. The number of hydrogen-bond acceptors (Lipinski definition) is 2. The first-order valence-electron chi connectivity index (χ1n) is 6.13. The van der Waals surface area contributed by atoms with Crippen molar-refractivity contribution in [1.29, 1.82) is 0 Å². The summed E-state index contributed by atoms with van der Waals surface area (Å²) in [4.78, 5) is 0. The summed E-state index contributed by atoms with van der Waals surface area (Å²) in [5.74, 6) is 7.44. The summed E-state index contributed by atoms with van der Waals surface area (Å²) in [6, 6.07) is 4.48. The Labute approximate surface area is 105 Å². The van der Waals surface area contributed by atoms with Crippen LogP contribution in [0.3, 0.4) is 0 Å². The maximum atomic E-state index is 13.3. The molecule has 2 aliphatic rings. The molecule has 0 amide bonds. The number of nitrogens with two attached hydrogens (primary N) is 1. The van der Waals surface area contributed by atoms with Crippen LogP contribution in [-0.2, 0) is 0 Å². The first-order valence-corrected chi connectivity index (χ1v) is 6.51. The van der Waals surface area contributed by atoms with E-state index < -0.39 is 0 Å². The average molecular weight is 255 g/mol. The molecule has 3 atom stereocenters. The van der Waals surface area contributed by atoms with Crippen molar-refractivity contribution in [3.63, 3.8) is 0 Å². The van der Waals surface area contributed by atoms with E-state index in [9.17, 15) is 4.39 Å². The summed E-state index contributed by atoms with van der Waals surface area (Å²) in [5, 5.41) is 0.597. The number of hydrazine groups is 1. The molecule has 3 rings (SSSR count). The predicted octanol–water partition coefficient (Wildman–Crippen LogP) is 3.03. The SMILES string of the molecule is NNC(c1cc(F)ccc1Cl)C1C2CCCC21. The molecule has 0 aromatic heterocycles. The zero-order valence-corrected chi connectivity index (χ0v) is 10.3. The highest BCUT2D eigenvalue weighted by molar-refractivity contribution is 6.31. The molecule has 0 radical (unpaired) electrons. The lowest BCUT2D eigenvalue weighted by atomic mass is 9.97. The van der Waals surface area contributed by atoms with Crippen molar-refractivity contribution in [2.24, 2.45) is 23.6 Å². The molecule has 2 aliphatic carbocycles. The van der Waals surface area contributed by atoms with Gasteiger partial charge in [-0.1, -0.05) is 18.0 Å². The largest absolute Gasteiger partial charge is 0.271 e. The lowest BCUT2D eigenvalue weighted by molar-refractivity contribution is 0.423. The van der Waals surface area contributed by atoms with Crippen LogP contribution in [0.25, 0.3) is 0 Å². The van der Waals surface area contributed by atoms with Gasteiger partial charge in [0.05, 0.1) is 6.04 Å². The third kappa shape index (κ3) is 1.86. The summed E-state index contributed by atoms with van der Waals surface area (Å²) in [5.41, 5.74) is 3.63. The van der Waals surface area contributed by atoms with Gasteiger partial charge in [0, 0.05) is 5.02 Å². The van der Waals surface area contributed by atoms with Crippen molar-refractivity contribution in [3.8, 4) is 0 Å². The molecule has 0 aliphatic heterocycles. The van der Waals surface area contributed by atoms with E-state index in [1.165, 1.54) is 31.4 Å². The molecular formula is C13H16ClFN2. The molecule has 2 saturated carbocycles. The van der Waals surface area contributed by atoms with Crippen LogP contribution >= 0.6 is 11.6 Å². The number of fused-ring (bicyclic) bond motifs is 1. The topological polar surface area (TPSA) is 38.0 Å². The van der Waals surface area contributed by atoms with E-state index in [2.05, 4.69) is 5.43 Å². The zero-order chi connectivity index (χ0) is 12.0. The fourth-order valence-electron chi connectivity index (χ4n) is 3.53. The molecule has 0 spiro atoms. The van der Waals surface area contributed by atoms with Crippen molar-refractivity contribution in [3.05, 3.63) is 34.6 Å². The Kier molecular flexibility index (Phi) is 2.85. The van der Waals surface area contributed by atoms with E-state index in [4.69, 9.17) is 17.4 Å². The lowest BCUT2D eigenvalue weighted by Gasteiger charge is -2.19. The van der Waals surface area contributed by atoms with Gasteiger partial charge in [0.25, 0.3) is 0 Å². The molecule has 0 saturated heterocycles. The van der Waals surface area contributed by atoms with Crippen molar-refractivity contribution in [1.82, 2.24) is 5.43 Å². The highest BCUT2D eigenvalue weighted by atomic mass is 35.5. The maximum Gasteiger partial charge on any atom is 0.123 e. The minimum absolute atomic E-state index is 0.00602. The Bertz CT molecular complexity index is 427. The van der Waals surface area contributed by atoms with Crippen molar-refractivity contribution >= 4 is 11.6 Å². The Morgan fingerprint density at radius 3 is 2.71 bits per heavy atom. The molecule has 2 nitrogen and oxygen atoms in total. The van der Waals surface area contributed by atoms with Crippen molar-refractivity contribution < 1.29 is 4.39 Å². The van der Waals surface area contributed by atoms with Crippen LogP contribution in [0.5, 0.6) is 0 Å². The van der Waals surface area contributed by atoms with E-state index in [0.717, 1.165) is 17.4 Å². The van der Waals surface area contributed by atoms with E-state index in [1.54, 1.807) is 6.07 Å². The highest BCUT2D eigenvalue weighted by Gasteiger charge is 2.56. The fourth-order valence-corrected chi connectivity index (χ4v) is 3.77. The van der Waals surface area contributed by atoms with Crippen LogP contribution in [0, 0.1) is 23.6 Å². The second-order valence-electron chi connectivity index (χ2n) is 5.15. The van der Waals surface area contributed by atoms with Gasteiger partial charge in [-0.25, -0.2) is 4.39 Å². The van der Waals surface area contributed by atoms with E-state index in [-0.39, 0.29) is 11.9 Å². The average Bonchev–Trinajstić information content (AvgIpc) is 2.79. The Hall–Kier alpha value is -0.640. The van der Waals surface area contributed by atoms with Crippen LogP contribution in [0.4, 0.5) is 4.39 Å². The molecule has 1 aromatic carbocycles. The van der Waals surface area contributed by atoms with E-state index in [1.807, 2.05) is 0 Å². The van der Waals surface area contributed by atoms with Gasteiger partial charge in [-0.2, -0.15) is 0 Å². The third-order valence-corrected chi connectivity index (χ3v) is 4.67. The van der Waals surface area contributed by atoms with Gasteiger partial charge < -0.3 is 0 Å². The van der Waals surface area contributed by atoms with E-state index in [0.29, 0.717) is 10.9 Å². The number of hydrogen-bond donors (Lipinski definition) is 2. The first-order chi connectivity index (χ1) is 8.22. The minimum atomic E-state index is -0.254. The summed E-state index contributed by atoms with van der Waals surface area (Å²) in [7, 11) is 0. The molecule has 4 heteroatoms. The quantitative estimate of drug-likeness (QED) is 0.643. The van der Waals surface area contributed by atoms with Crippen molar-refractivity contribution in [2.45, 2.75) is 25.3 Å². The second kappa shape index (κ2) is 4.23. The summed E-state index contributed by atoms with van der Waals surface area (Å²) in [6.07, 6.45) is 3.88. The molecule has 2 fully saturated rings. The van der Waals surface area contributed by atoms with Crippen LogP contribution in [0.2, 0.25) is 5.02 Å². The maximum absolute atomic E-state index is 13.3. The van der Waals surface area contributed by atoms with E-state index >= 15 is 0 Å². The molecular weight excluding hydrogens is 239 g/mol. The standard InChI is InChI=1S/C13H16ClFN2/c14-11-5-4-7(15)6-10(11)13(17-16)12-8-2-1-3-9(8)12/h4-6,8-9,12-13,17H,1-3,16H2. The van der Waals surface area contributed by atoms with Gasteiger partial charge in [-0.15, -0.1) is 0 Å². The number of halogens is 2. The molecule has 3 N–H and O–H groups in total. The third-order valence-electron chi connectivity index (χ3n) is 4.33. The molecule has 92 valence electrons. The lowest BCUT2D eigenvalue weighted by Crippen LogP contribution is -2.31. The Morgan fingerprint density at radius 1 is 1.35 bits per heavy atom. The fraction of sp³-hybridized carbons (Fsp3) is 0.538. The highest BCUT2D eigenvalue weighted by Crippen LogP contribution is 2.62. The summed E-state index contributed by atoms with van der Waals surface area (Å²) in [6.45, 7) is 0. The molecule has 0 bridgehead atoms.